The molecule has 0 aliphatic carbocycles. The molecule has 0 saturated heterocycles. The second-order valence-corrected chi connectivity index (χ2v) is 17.0. The SMILES string of the molecule is CCCCCCCCCCCCC(=O)O[C@@H](COC(=O)CCCCCCCCCCCCCC(C)C)COC(=O)CCCCCCCCCCC(C)C. The molecular formula is C47H90O6. The third kappa shape index (κ3) is 41.4. The van der Waals surface area contributed by atoms with E-state index in [1.807, 2.05) is 0 Å². The van der Waals surface area contributed by atoms with Crippen molar-refractivity contribution in [2.45, 2.75) is 259 Å². The topological polar surface area (TPSA) is 78.9 Å². The minimum atomic E-state index is -0.760. The Bertz CT molecular complexity index is 809. The molecule has 0 bridgehead atoms. The summed E-state index contributed by atoms with van der Waals surface area (Å²) >= 11 is 0. The molecule has 1 atom stereocenters. The summed E-state index contributed by atoms with van der Waals surface area (Å²) in [6.07, 6.45) is 38.0. The summed E-state index contributed by atoms with van der Waals surface area (Å²) in [5.74, 6) is 0.765. The zero-order valence-corrected chi connectivity index (χ0v) is 36.1. The maximum absolute atomic E-state index is 12.7. The molecule has 314 valence electrons. The number of carbonyl (C=O) groups excluding carboxylic acids is 3. The quantitative estimate of drug-likeness (QED) is 0.0352. The molecule has 0 heterocycles. The van der Waals surface area contributed by atoms with Crippen molar-refractivity contribution in [1.29, 1.82) is 0 Å². The number of ether oxygens (including phenoxy) is 3. The fraction of sp³-hybridized carbons (Fsp3) is 0.936. The predicted octanol–water partition coefficient (Wildman–Crippen LogP) is 14.6. The van der Waals surface area contributed by atoms with Crippen LogP contribution < -0.4 is 0 Å². The van der Waals surface area contributed by atoms with Crippen molar-refractivity contribution >= 4 is 17.9 Å². The minimum absolute atomic E-state index is 0.0650. The molecule has 0 aliphatic rings. The number of hydrogen-bond acceptors (Lipinski definition) is 6. The van der Waals surface area contributed by atoms with Crippen LogP contribution in [-0.2, 0) is 28.6 Å². The Morgan fingerprint density at radius 2 is 0.623 bits per heavy atom. The smallest absolute Gasteiger partial charge is 0.306 e. The Labute approximate surface area is 329 Å². The Morgan fingerprint density at radius 1 is 0.358 bits per heavy atom. The summed E-state index contributed by atoms with van der Waals surface area (Å²) in [5.41, 5.74) is 0. The molecule has 0 rings (SSSR count). The van der Waals surface area contributed by atoms with Gasteiger partial charge < -0.3 is 14.2 Å². The number of rotatable bonds is 41. The molecule has 0 aromatic carbocycles. The molecule has 0 N–H and O–H groups in total. The normalized spacial score (nSPS) is 12.1. The molecule has 0 aliphatic heterocycles. The monoisotopic (exact) mass is 751 g/mol. The summed E-state index contributed by atoms with van der Waals surface area (Å²) in [4.78, 5) is 37.7. The Hall–Kier alpha value is -1.59. The van der Waals surface area contributed by atoms with E-state index < -0.39 is 6.10 Å². The lowest BCUT2D eigenvalue weighted by atomic mass is 10.0. The van der Waals surface area contributed by atoms with E-state index >= 15 is 0 Å². The second kappa shape index (κ2) is 40.1. The van der Waals surface area contributed by atoms with Crippen molar-refractivity contribution in [3.05, 3.63) is 0 Å². The van der Waals surface area contributed by atoms with Crippen molar-refractivity contribution in [2.24, 2.45) is 11.8 Å². The molecule has 0 saturated carbocycles. The van der Waals surface area contributed by atoms with Gasteiger partial charge in [0.1, 0.15) is 13.2 Å². The highest BCUT2D eigenvalue weighted by Gasteiger charge is 2.19. The third-order valence-corrected chi connectivity index (χ3v) is 10.5. The first-order valence-electron chi connectivity index (χ1n) is 23.2. The molecule has 0 amide bonds. The minimum Gasteiger partial charge on any atom is -0.462 e. The molecule has 0 aromatic heterocycles. The fourth-order valence-corrected chi connectivity index (χ4v) is 6.93. The van der Waals surface area contributed by atoms with Gasteiger partial charge in [-0.05, 0) is 31.1 Å². The summed E-state index contributed by atoms with van der Waals surface area (Å²) < 4.78 is 16.7. The first-order valence-corrected chi connectivity index (χ1v) is 23.2. The van der Waals surface area contributed by atoms with Crippen LogP contribution >= 0.6 is 0 Å². The van der Waals surface area contributed by atoms with E-state index in [-0.39, 0.29) is 31.1 Å². The van der Waals surface area contributed by atoms with E-state index in [1.165, 1.54) is 141 Å². The van der Waals surface area contributed by atoms with E-state index in [9.17, 15) is 14.4 Å². The van der Waals surface area contributed by atoms with Crippen molar-refractivity contribution < 1.29 is 28.6 Å². The zero-order valence-electron chi connectivity index (χ0n) is 36.1. The average Bonchev–Trinajstić information content (AvgIpc) is 3.12. The van der Waals surface area contributed by atoms with Crippen LogP contribution in [0.25, 0.3) is 0 Å². The molecule has 53 heavy (non-hydrogen) atoms. The lowest BCUT2D eigenvalue weighted by Crippen LogP contribution is -2.30. The maximum atomic E-state index is 12.7. The highest BCUT2D eigenvalue weighted by Crippen LogP contribution is 2.16. The van der Waals surface area contributed by atoms with Gasteiger partial charge in [0.2, 0.25) is 0 Å². The van der Waals surface area contributed by atoms with E-state index in [0.717, 1.165) is 69.6 Å². The van der Waals surface area contributed by atoms with Gasteiger partial charge in [0.25, 0.3) is 0 Å². The van der Waals surface area contributed by atoms with Crippen molar-refractivity contribution in [1.82, 2.24) is 0 Å². The van der Waals surface area contributed by atoms with E-state index in [0.29, 0.717) is 19.3 Å². The van der Waals surface area contributed by atoms with Crippen LogP contribution in [0.2, 0.25) is 0 Å². The standard InChI is InChI=1S/C47H90O6/c1-6-7-8-9-10-11-16-24-29-34-39-47(50)53-44(41-52-46(49)38-33-28-23-19-18-21-26-31-36-43(4)5)40-51-45(48)37-32-27-22-17-14-12-13-15-20-25-30-35-42(2)3/h42-44H,6-41H2,1-5H3/t44-/m0/s1. The molecule has 6 nitrogen and oxygen atoms in total. The molecule has 0 aromatic rings. The van der Waals surface area contributed by atoms with Gasteiger partial charge in [-0.1, -0.05) is 214 Å². The van der Waals surface area contributed by atoms with E-state index in [2.05, 4.69) is 34.6 Å². The van der Waals surface area contributed by atoms with Gasteiger partial charge in [-0.15, -0.1) is 0 Å². The van der Waals surface area contributed by atoms with Gasteiger partial charge in [-0.3, -0.25) is 14.4 Å². The van der Waals surface area contributed by atoms with E-state index in [4.69, 9.17) is 14.2 Å². The van der Waals surface area contributed by atoms with Crippen LogP contribution in [0.4, 0.5) is 0 Å². The number of esters is 3. The van der Waals surface area contributed by atoms with Gasteiger partial charge in [0, 0.05) is 19.3 Å². The largest absolute Gasteiger partial charge is 0.462 e. The Morgan fingerprint density at radius 3 is 0.925 bits per heavy atom. The average molecular weight is 751 g/mol. The van der Waals surface area contributed by atoms with E-state index in [1.54, 1.807) is 0 Å². The van der Waals surface area contributed by atoms with Gasteiger partial charge in [0.05, 0.1) is 0 Å². The molecule has 6 heteroatoms. The van der Waals surface area contributed by atoms with Crippen LogP contribution in [0.3, 0.4) is 0 Å². The number of carbonyl (C=O) groups is 3. The van der Waals surface area contributed by atoms with Crippen molar-refractivity contribution in [3.8, 4) is 0 Å². The van der Waals surface area contributed by atoms with Crippen LogP contribution in [0, 0.1) is 11.8 Å². The summed E-state index contributed by atoms with van der Waals surface area (Å²) in [7, 11) is 0. The lowest BCUT2D eigenvalue weighted by Gasteiger charge is -2.18. The summed E-state index contributed by atoms with van der Waals surface area (Å²) in [6, 6.07) is 0. The molecule has 0 fully saturated rings. The molecule has 0 radical (unpaired) electrons. The Kier molecular flexibility index (Phi) is 38.9. The van der Waals surface area contributed by atoms with Gasteiger partial charge >= 0.3 is 17.9 Å². The summed E-state index contributed by atoms with van der Waals surface area (Å²) in [5, 5.41) is 0. The van der Waals surface area contributed by atoms with Crippen LogP contribution in [0.15, 0.2) is 0 Å². The maximum Gasteiger partial charge on any atom is 0.306 e. The second-order valence-electron chi connectivity index (χ2n) is 17.0. The predicted molar refractivity (Wildman–Crippen MR) is 224 cm³/mol. The van der Waals surface area contributed by atoms with Crippen LogP contribution in [0.5, 0.6) is 0 Å². The molecular weight excluding hydrogens is 661 g/mol. The lowest BCUT2D eigenvalue weighted by molar-refractivity contribution is -0.167. The Balaban J connectivity index is 4.31. The third-order valence-electron chi connectivity index (χ3n) is 10.5. The number of hydrogen-bond donors (Lipinski definition) is 0. The van der Waals surface area contributed by atoms with Gasteiger partial charge in [0.15, 0.2) is 6.10 Å². The molecule has 0 spiro atoms. The highest BCUT2D eigenvalue weighted by molar-refractivity contribution is 5.71. The summed E-state index contributed by atoms with van der Waals surface area (Å²) in [6.45, 7) is 11.3. The number of unbranched alkanes of at least 4 members (excludes halogenated alkanes) is 26. The first-order chi connectivity index (χ1) is 25.7. The highest BCUT2D eigenvalue weighted by atomic mass is 16.6. The first kappa shape index (κ1) is 51.4. The van der Waals surface area contributed by atoms with Crippen LogP contribution in [-0.4, -0.2) is 37.2 Å². The molecule has 0 unspecified atom stereocenters. The zero-order chi connectivity index (χ0) is 39.0. The fourth-order valence-electron chi connectivity index (χ4n) is 6.93. The van der Waals surface area contributed by atoms with Crippen molar-refractivity contribution in [3.63, 3.8) is 0 Å². The van der Waals surface area contributed by atoms with Crippen molar-refractivity contribution in [2.75, 3.05) is 13.2 Å². The van der Waals surface area contributed by atoms with Crippen LogP contribution in [0.1, 0.15) is 253 Å². The van der Waals surface area contributed by atoms with Gasteiger partial charge in [-0.2, -0.15) is 0 Å². The van der Waals surface area contributed by atoms with Gasteiger partial charge in [-0.25, -0.2) is 0 Å².